The molecule has 0 bridgehead atoms. The number of rotatable bonds is 3. The minimum absolute atomic E-state index is 0.456. The highest BCUT2D eigenvalue weighted by atomic mass is 16.5. The molecule has 110 valence electrons. The highest BCUT2D eigenvalue weighted by Crippen LogP contribution is 2.38. The van der Waals surface area contributed by atoms with E-state index in [1.54, 1.807) is 7.11 Å². The molecule has 2 nitrogen and oxygen atoms in total. The molecule has 0 aliphatic heterocycles. The smallest absolute Gasteiger partial charge is 0.119 e. The zero-order chi connectivity index (χ0) is 14.8. The Balaban J connectivity index is 2.03. The molecule has 0 unspecified atom stereocenters. The van der Waals surface area contributed by atoms with Crippen molar-refractivity contribution in [3.05, 3.63) is 65.2 Å². The van der Waals surface area contributed by atoms with Gasteiger partial charge in [0, 0.05) is 12.0 Å². The van der Waals surface area contributed by atoms with Crippen molar-refractivity contribution >= 4 is 0 Å². The first-order valence-corrected chi connectivity index (χ1v) is 7.57. The maximum atomic E-state index is 5.40. The van der Waals surface area contributed by atoms with Crippen LogP contribution in [0.3, 0.4) is 0 Å². The van der Waals surface area contributed by atoms with Crippen LogP contribution >= 0.6 is 0 Å². The molecule has 0 aromatic heterocycles. The molecule has 1 aliphatic rings. The fraction of sp³-hybridized carbons (Fsp3) is 0.368. The van der Waals surface area contributed by atoms with E-state index in [1.165, 1.54) is 16.7 Å². The Morgan fingerprint density at radius 3 is 2.62 bits per heavy atom. The number of nitrogens with zero attached hydrogens (tertiary/aromatic N) is 1. The summed E-state index contributed by atoms with van der Waals surface area (Å²) in [5.74, 6) is 1.40. The predicted octanol–water partition coefficient (Wildman–Crippen LogP) is 3.70. The molecule has 1 aliphatic carbocycles. The van der Waals surface area contributed by atoms with Gasteiger partial charge in [-0.1, -0.05) is 36.4 Å². The Bertz CT molecular complexity index is 620. The molecule has 2 heteroatoms. The molecular formula is C19H23NO. The Hall–Kier alpha value is -1.80. The van der Waals surface area contributed by atoms with Crippen LogP contribution in [0.1, 0.15) is 29.0 Å². The molecule has 0 fully saturated rings. The highest BCUT2D eigenvalue weighted by molar-refractivity contribution is 5.43. The third-order valence-corrected chi connectivity index (χ3v) is 4.62. The molecule has 2 atom stereocenters. The van der Waals surface area contributed by atoms with Crippen molar-refractivity contribution in [2.75, 3.05) is 21.2 Å². The fourth-order valence-electron chi connectivity index (χ4n) is 3.36. The number of methoxy groups -OCH3 is 1. The van der Waals surface area contributed by atoms with Crippen LogP contribution in [0.2, 0.25) is 0 Å². The third kappa shape index (κ3) is 2.81. The lowest BCUT2D eigenvalue weighted by atomic mass is 9.76. The van der Waals surface area contributed by atoms with E-state index in [0.717, 1.165) is 18.6 Å². The normalized spacial score (nSPS) is 21.1. The van der Waals surface area contributed by atoms with E-state index in [9.17, 15) is 0 Å². The van der Waals surface area contributed by atoms with E-state index in [4.69, 9.17) is 4.74 Å². The minimum atomic E-state index is 0.456. The molecule has 2 aromatic carbocycles. The first-order chi connectivity index (χ1) is 10.2. The SMILES string of the molecule is COc1cccc([C@H]2C[C@H](N(C)C)Cc3ccccc32)c1. The quantitative estimate of drug-likeness (QED) is 0.850. The van der Waals surface area contributed by atoms with Crippen molar-refractivity contribution in [3.63, 3.8) is 0 Å². The zero-order valence-corrected chi connectivity index (χ0v) is 13.0. The molecule has 3 rings (SSSR count). The summed E-state index contributed by atoms with van der Waals surface area (Å²) in [6, 6.07) is 18.0. The molecule has 0 amide bonds. The topological polar surface area (TPSA) is 12.5 Å². The van der Waals surface area contributed by atoms with Crippen molar-refractivity contribution in [2.24, 2.45) is 0 Å². The number of hydrogen-bond acceptors (Lipinski definition) is 2. The number of likely N-dealkylation sites (N-methyl/N-ethyl adjacent to an activating group) is 1. The Morgan fingerprint density at radius 1 is 1.05 bits per heavy atom. The summed E-state index contributed by atoms with van der Waals surface area (Å²) < 4.78 is 5.40. The van der Waals surface area contributed by atoms with Crippen LogP contribution in [0.25, 0.3) is 0 Å². The average molecular weight is 281 g/mol. The number of benzene rings is 2. The van der Waals surface area contributed by atoms with Crippen LogP contribution in [0.4, 0.5) is 0 Å². The van der Waals surface area contributed by atoms with Crippen LogP contribution in [-0.2, 0) is 6.42 Å². The minimum Gasteiger partial charge on any atom is -0.497 e. The summed E-state index contributed by atoms with van der Waals surface area (Å²) in [6.45, 7) is 0. The Morgan fingerprint density at radius 2 is 1.86 bits per heavy atom. The maximum Gasteiger partial charge on any atom is 0.119 e. The molecule has 0 heterocycles. The average Bonchev–Trinajstić information content (AvgIpc) is 2.53. The molecule has 0 spiro atoms. The van der Waals surface area contributed by atoms with Crippen molar-refractivity contribution in [2.45, 2.75) is 24.8 Å². The second-order valence-corrected chi connectivity index (χ2v) is 6.09. The lowest BCUT2D eigenvalue weighted by molar-refractivity contribution is 0.258. The van der Waals surface area contributed by atoms with Crippen LogP contribution in [0.5, 0.6) is 5.75 Å². The van der Waals surface area contributed by atoms with Crippen LogP contribution in [-0.4, -0.2) is 32.1 Å². The summed E-state index contributed by atoms with van der Waals surface area (Å²) in [7, 11) is 6.10. The summed E-state index contributed by atoms with van der Waals surface area (Å²) in [5.41, 5.74) is 4.31. The van der Waals surface area contributed by atoms with Gasteiger partial charge in [-0.25, -0.2) is 0 Å². The fourth-order valence-corrected chi connectivity index (χ4v) is 3.36. The molecular weight excluding hydrogens is 258 g/mol. The first-order valence-electron chi connectivity index (χ1n) is 7.57. The van der Waals surface area contributed by atoms with Gasteiger partial charge < -0.3 is 9.64 Å². The van der Waals surface area contributed by atoms with Gasteiger partial charge in [0.05, 0.1) is 7.11 Å². The van der Waals surface area contributed by atoms with Gasteiger partial charge in [-0.3, -0.25) is 0 Å². The zero-order valence-electron chi connectivity index (χ0n) is 13.0. The van der Waals surface area contributed by atoms with Gasteiger partial charge in [0.25, 0.3) is 0 Å². The maximum absolute atomic E-state index is 5.40. The second-order valence-electron chi connectivity index (χ2n) is 6.09. The number of ether oxygens (including phenoxy) is 1. The van der Waals surface area contributed by atoms with E-state index >= 15 is 0 Å². The van der Waals surface area contributed by atoms with Crippen LogP contribution < -0.4 is 4.74 Å². The molecule has 21 heavy (non-hydrogen) atoms. The van der Waals surface area contributed by atoms with Gasteiger partial charge in [-0.2, -0.15) is 0 Å². The van der Waals surface area contributed by atoms with Gasteiger partial charge in [-0.05, 0) is 55.8 Å². The van der Waals surface area contributed by atoms with E-state index in [0.29, 0.717) is 12.0 Å². The molecule has 0 saturated carbocycles. The monoisotopic (exact) mass is 281 g/mol. The van der Waals surface area contributed by atoms with E-state index < -0.39 is 0 Å². The Kier molecular flexibility index (Phi) is 3.98. The van der Waals surface area contributed by atoms with Gasteiger partial charge in [-0.15, -0.1) is 0 Å². The number of fused-ring (bicyclic) bond motifs is 1. The summed E-state index contributed by atoms with van der Waals surface area (Å²) >= 11 is 0. The molecule has 0 radical (unpaired) electrons. The summed E-state index contributed by atoms with van der Waals surface area (Å²) in [4.78, 5) is 2.35. The standard InChI is InChI=1S/C19H23NO/c1-20(2)16-11-14-7-4-5-10-18(14)19(13-16)15-8-6-9-17(12-15)21-3/h4-10,12,16,19H,11,13H2,1-3H3/t16-,19-/m1/s1. The van der Waals surface area contributed by atoms with Crippen LogP contribution in [0, 0.1) is 0 Å². The lowest BCUT2D eigenvalue weighted by Gasteiger charge is -2.35. The second kappa shape index (κ2) is 5.90. The van der Waals surface area contributed by atoms with Crippen molar-refractivity contribution in [1.82, 2.24) is 4.90 Å². The first kappa shape index (κ1) is 14.2. The van der Waals surface area contributed by atoms with E-state index in [1.807, 2.05) is 6.07 Å². The van der Waals surface area contributed by atoms with E-state index in [-0.39, 0.29) is 0 Å². The molecule has 0 N–H and O–H groups in total. The van der Waals surface area contributed by atoms with Gasteiger partial charge in [0.15, 0.2) is 0 Å². The third-order valence-electron chi connectivity index (χ3n) is 4.62. The van der Waals surface area contributed by atoms with Crippen molar-refractivity contribution in [1.29, 1.82) is 0 Å². The number of hydrogen-bond donors (Lipinski definition) is 0. The van der Waals surface area contributed by atoms with Gasteiger partial charge in [0.1, 0.15) is 5.75 Å². The van der Waals surface area contributed by atoms with Gasteiger partial charge >= 0.3 is 0 Å². The summed E-state index contributed by atoms with van der Waals surface area (Å²) in [5, 5.41) is 0. The molecule has 0 saturated heterocycles. The van der Waals surface area contributed by atoms with E-state index in [2.05, 4.69) is 61.5 Å². The Labute approximate surface area is 127 Å². The van der Waals surface area contributed by atoms with Crippen molar-refractivity contribution in [3.8, 4) is 5.75 Å². The largest absolute Gasteiger partial charge is 0.497 e. The predicted molar refractivity (Wildman–Crippen MR) is 87.1 cm³/mol. The lowest BCUT2D eigenvalue weighted by Crippen LogP contribution is -2.35. The highest BCUT2D eigenvalue weighted by Gasteiger charge is 2.28. The van der Waals surface area contributed by atoms with Gasteiger partial charge in [0.2, 0.25) is 0 Å². The van der Waals surface area contributed by atoms with Crippen LogP contribution in [0.15, 0.2) is 48.5 Å². The van der Waals surface area contributed by atoms with Crippen molar-refractivity contribution < 1.29 is 4.74 Å². The molecule has 2 aromatic rings. The summed E-state index contributed by atoms with van der Waals surface area (Å²) in [6.07, 6.45) is 2.31.